The first kappa shape index (κ1) is 16.3. The van der Waals surface area contributed by atoms with E-state index in [2.05, 4.69) is 0 Å². The highest BCUT2D eigenvalue weighted by Crippen LogP contribution is 2.21. The van der Waals surface area contributed by atoms with E-state index in [0.29, 0.717) is 23.2 Å². The smallest absolute Gasteiger partial charge is 0.261 e. The maximum Gasteiger partial charge on any atom is 0.261 e. The zero-order chi connectivity index (χ0) is 17.3. The van der Waals surface area contributed by atoms with Crippen LogP contribution in [-0.2, 0) is 0 Å². The quantitative estimate of drug-likeness (QED) is 0.851. The third-order valence-electron chi connectivity index (χ3n) is 4.22. The summed E-state index contributed by atoms with van der Waals surface area (Å²) < 4.78 is 26.2. The van der Waals surface area contributed by atoms with Gasteiger partial charge in [-0.1, -0.05) is 12.1 Å². The highest BCUT2D eigenvalue weighted by Gasteiger charge is 2.35. The predicted molar refractivity (Wildman–Crippen MR) is 83.4 cm³/mol. The number of rotatable bonds is 5. The topological polar surface area (TPSA) is 54.0 Å². The zero-order valence-corrected chi connectivity index (χ0v) is 13.1. The second kappa shape index (κ2) is 6.49. The van der Waals surface area contributed by atoms with Crippen LogP contribution in [0.4, 0.5) is 8.78 Å². The van der Waals surface area contributed by atoms with Crippen molar-refractivity contribution >= 4 is 11.8 Å². The van der Waals surface area contributed by atoms with Gasteiger partial charge in [-0.05, 0) is 37.3 Å². The average molecular weight is 331 g/mol. The van der Waals surface area contributed by atoms with Crippen molar-refractivity contribution in [3.63, 3.8) is 0 Å². The number of benzene rings is 2. The number of fused-ring (bicyclic) bond motifs is 1. The Morgan fingerprint density at radius 1 is 1.00 bits per heavy atom. The normalized spacial score (nSPS) is 14.9. The summed E-state index contributed by atoms with van der Waals surface area (Å²) in [5.74, 6) is -2.33. The third kappa shape index (κ3) is 2.92. The fourth-order valence-corrected chi connectivity index (χ4v) is 2.83. The van der Waals surface area contributed by atoms with Gasteiger partial charge >= 0.3 is 0 Å². The number of halogens is 2. The number of carbonyl (C=O) groups is 2. The highest BCUT2D eigenvalue weighted by molar-refractivity contribution is 6.21. The van der Waals surface area contributed by atoms with Crippen LogP contribution in [0.5, 0.6) is 0 Å². The summed E-state index contributed by atoms with van der Waals surface area (Å²) in [5, 5.41) is 1.89. The first-order valence-corrected chi connectivity index (χ1v) is 7.72. The van der Waals surface area contributed by atoms with Gasteiger partial charge in [-0.3, -0.25) is 14.5 Å². The van der Waals surface area contributed by atoms with Gasteiger partial charge in [-0.25, -0.2) is 8.78 Å². The van der Waals surface area contributed by atoms with Crippen molar-refractivity contribution in [2.24, 2.45) is 0 Å². The van der Waals surface area contributed by atoms with Crippen LogP contribution in [0.1, 0.15) is 39.2 Å². The van der Waals surface area contributed by atoms with E-state index in [4.69, 9.17) is 0 Å². The fourth-order valence-electron chi connectivity index (χ4n) is 2.83. The molecule has 0 aromatic heterocycles. The molecule has 1 atom stereocenters. The van der Waals surface area contributed by atoms with Crippen molar-refractivity contribution in [2.45, 2.75) is 13.0 Å². The minimum atomic E-state index is -0.881. The summed E-state index contributed by atoms with van der Waals surface area (Å²) in [5.41, 5.74) is 1.50. The summed E-state index contributed by atoms with van der Waals surface area (Å²) >= 11 is 0. The van der Waals surface area contributed by atoms with Gasteiger partial charge in [0.25, 0.3) is 11.8 Å². The molecule has 2 aromatic rings. The molecule has 0 bridgehead atoms. The Morgan fingerprint density at radius 2 is 1.62 bits per heavy atom. The monoisotopic (exact) mass is 331 g/mol. The minimum Gasteiger partial charge on any atom is -0.339 e. The van der Waals surface area contributed by atoms with E-state index in [0.717, 1.165) is 6.07 Å². The molecule has 0 saturated carbocycles. The molecule has 124 valence electrons. The van der Waals surface area contributed by atoms with E-state index in [1.807, 2.05) is 12.2 Å². The molecule has 1 heterocycles. The Kier molecular flexibility index (Phi) is 4.40. The van der Waals surface area contributed by atoms with Crippen LogP contribution in [0.3, 0.4) is 0 Å². The summed E-state index contributed by atoms with van der Waals surface area (Å²) in [6.45, 7) is 2.60. The molecule has 2 N–H and O–H groups in total. The largest absolute Gasteiger partial charge is 0.339 e. The molecule has 1 aliphatic rings. The predicted octanol–water partition coefficient (Wildman–Crippen LogP) is 1.89. The van der Waals surface area contributed by atoms with Gasteiger partial charge in [0, 0.05) is 5.56 Å². The molecule has 3 rings (SSSR count). The first-order chi connectivity index (χ1) is 11.5. The third-order valence-corrected chi connectivity index (χ3v) is 4.22. The molecular formula is C18H17F2N2O2+. The molecule has 0 fully saturated rings. The summed E-state index contributed by atoms with van der Waals surface area (Å²) in [7, 11) is 0. The Hall–Kier alpha value is -2.60. The summed E-state index contributed by atoms with van der Waals surface area (Å²) in [4.78, 5) is 25.7. The Labute approximate surface area is 138 Å². The number of quaternary nitrogens is 1. The van der Waals surface area contributed by atoms with Gasteiger partial charge in [0.1, 0.15) is 6.04 Å². The van der Waals surface area contributed by atoms with E-state index in [1.165, 1.54) is 17.0 Å². The van der Waals surface area contributed by atoms with E-state index >= 15 is 0 Å². The van der Waals surface area contributed by atoms with Crippen molar-refractivity contribution in [1.29, 1.82) is 0 Å². The van der Waals surface area contributed by atoms with Gasteiger partial charge in [-0.2, -0.15) is 0 Å². The lowest BCUT2D eigenvalue weighted by molar-refractivity contribution is -0.691. The van der Waals surface area contributed by atoms with E-state index in [-0.39, 0.29) is 24.4 Å². The van der Waals surface area contributed by atoms with Gasteiger partial charge in [-0.15, -0.1) is 0 Å². The molecule has 2 aromatic carbocycles. The molecule has 0 spiro atoms. The van der Waals surface area contributed by atoms with Crippen LogP contribution < -0.4 is 5.32 Å². The molecule has 0 radical (unpaired) electrons. The number of hydrogen-bond acceptors (Lipinski definition) is 2. The maximum absolute atomic E-state index is 13.3. The molecule has 0 saturated heterocycles. The number of imide groups is 1. The van der Waals surface area contributed by atoms with Gasteiger partial charge < -0.3 is 5.32 Å². The van der Waals surface area contributed by atoms with Gasteiger partial charge in [0.15, 0.2) is 11.6 Å². The first-order valence-electron chi connectivity index (χ1n) is 7.72. The van der Waals surface area contributed by atoms with E-state index in [1.54, 1.807) is 24.3 Å². The second-order valence-corrected chi connectivity index (χ2v) is 5.79. The minimum absolute atomic E-state index is 0.115. The number of nitrogens with zero attached hydrogens (tertiary/aromatic N) is 1. The second-order valence-electron chi connectivity index (χ2n) is 5.79. The van der Waals surface area contributed by atoms with E-state index < -0.39 is 11.6 Å². The van der Waals surface area contributed by atoms with Crippen LogP contribution in [0, 0.1) is 11.6 Å². The van der Waals surface area contributed by atoms with Crippen molar-refractivity contribution in [2.75, 3.05) is 13.1 Å². The van der Waals surface area contributed by atoms with E-state index in [9.17, 15) is 18.4 Å². The van der Waals surface area contributed by atoms with Crippen LogP contribution in [-0.4, -0.2) is 29.8 Å². The molecule has 1 aliphatic heterocycles. The molecule has 4 nitrogen and oxygen atoms in total. The maximum atomic E-state index is 13.3. The van der Waals surface area contributed by atoms with Gasteiger partial charge in [0.2, 0.25) is 0 Å². The van der Waals surface area contributed by atoms with Crippen molar-refractivity contribution in [1.82, 2.24) is 4.90 Å². The standard InChI is InChI=1S/C18H16F2N2O2/c1-11(12-6-7-15(19)16(20)10-12)21-8-9-22-17(23)13-4-2-3-5-14(13)18(22)24/h2-7,10-11,21H,8-9H2,1H3/p+1/t11-/m0/s1. The van der Waals surface area contributed by atoms with Crippen molar-refractivity contribution in [3.8, 4) is 0 Å². The lowest BCUT2D eigenvalue weighted by atomic mass is 10.1. The molecule has 2 amide bonds. The van der Waals surface area contributed by atoms with Crippen LogP contribution >= 0.6 is 0 Å². The fraction of sp³-hybridized carbons (Fsp3) is 0.222. The number of carbonyl (C=O) groups excluding carboxylic acids is 2. The number of amides is 2. The van der Waals surface area contributed by atoms with Gasteiger partial charge in [0.05, 0.1) is 24.2 Å². The highest BCUT2D eigenvalue weighted by atomic mass is 19.2. The summed E-state index contributed by atoms with van der Waals surface area (Å²) in [6.07, 6.45) is 0. The van der Waals surface area contributed by atoms with Crippen LogP contribution in [0.25, 0.3) is 0 Å². The Balaban J connectivity index is 1.60. The lowest BCUT2D eigenvalue weighted by Crippen LogP contribution is -2.86. The molecule has 6 heteroatoms. The van der Waals surface area contributed by atoms with Crippen molar-refractivity contribution < 1.29 is 23.7 Å². The molecule has 24 heavy (non-hydrogen) atoms. The number of hydrogen-bond donors (Lipinski definition) is 1. The molecular weight excluding hydrogens is 314 g/mol. The zero-order valence-electron chi connectivity index (χ0n) is 13.1. The number of nitrogens with two attached hydrogens (primary N) is 1. The SMILES string of the molecule is C[C@H]([NH2+]CCN1C(=O)c2ccccc2C1=O)c1ccc(F)c(F)c1. The van der Waals surface area contributed by atoms with Crippen molar-refractivity contribution in [3.05, 3.63) is 70.8 Å². The Morgan fingerprint density at radius 3 is 2.21 bits per heavy atom. The van der Waals surface area contributed by atoms with Crippen LogP contribution in [0.2, 0.25) is 0 Å². The Bertz CT molecular complexity index is 772. The average Bonchev–Trinajstić information content (AvgIpc) is 2.82. The molecule has 0 aliphatic carbocycles. The molecule has 0 unspecified atom stereocenters. The van der Waals surface area contributed by atoms with Crippen LogP contribution in [0.15, 0.2) is 42.5 Å². The lowest BCUT2D eigenvalue weighted by Gasteiger charge is -2.15. The summed E-state index contributed by atoms with van der Waals surface area (Å²) in [6, 6.07) is 10.4.